The molecule has 0 saturated carbocycles. The van der Waals surface area contributed by atoms with Gasteiger partial charge in [0.1, 0.15) is 0 Å². The number of rotatable bonds is 5. The highest BCUT2D eigenvalue weighted by atomic mass is 79.9. The van der Waals surface area contributed by atoms with E-state index in [2.05, 4.69) is 38.6 Å². The molecule has 0 radical (unpaired) electrons. The summed E-state index contributed by atoms with van der Waals surface area (Å²) in [5.74, 6) is 5.62. The molecule has 1 aromatic carbocycles. The molecule has 0 aliphatic carbocycles. The number of aromatic nitrogens is 2. The van der Waals surface area contributed by atoms with E-state index >= 15 is 0 Å². The Balaban J connectivity index is 2.01. The van der Waals surface area contributed by atoms with E-state index in [1.807, 2.05) is 36.3 Å². The maximum atomic E-state index is 5.62. The molecule has 1 aromatic heterocycles. The predicted molar refractivity (Wildman–Crippen MR) is 75.9 cm³/mol. The second-order valence-electron chi connectivity index (χ2n) is 4.42. The molecule has 0 fully saturated rings. The maximum absolute atomic E-state index is 5.62. The number of nitrogens with zero attached hydrogens (tertiary/aromatic N) is 2. The van der Waals surface area contributed by atoms with Crippen molar-refractivity contribution in [1.29, 1.82) is 0 Å². The second kappa shape index (κ2) is 6.13. The molecule has 0 aliphatic rings. The van der Waals surface area contributed by atoms with Gasteiger partial charge in [-0.25, -0.2) is 0 Å². The Morgan fingerprint density at radius 3 is 2.78 bits per heavy atom. The van der Waals surface area contributed by atoms with Crippen molar-refractivity contribution in [2.45, 2.75) is 18.9 Å². The molecule has 0 aliphatic heterocycles. The molecule has 1 unspecified atom stereocenters. The molecule has 1 atom stereocenters. The van der Waals surface area contributed by atoms with Crippen LogP contribution in [0.3, 0.4) is 0 Å². The summed E-state index contributed by atoms with van der Waals surface area (Å²) in [6, 6.07) is 8.50. The van der Waals surface area contributed by atoms with E-state index in [0.29, 0.717) is 0 Å². The lowest BCUT2D eigenvalue weighted by atomic mass is 10.0. The number of hydrazine groups is 1. The third-order valence-corrected chi connectivity index (χ3v) is 3.34. The van der Waals surface area contributed by atoms with E-state index in [-0.39, 0.29) is 6.04 Å². The molecule has 3 N–H and O–H groups in total. The van der Waals surface area contributed by atoms with Gasteiger partial charge in [0.05, 0.1) is 6.20 Å². The lowest BCUT2D eigenvalue weighted by Crippen LogP contribution is -2.38. The Hall–Kier alpha value is -1.17. The van der Waals surface area contributed by atoms with Crippen LogP contribution in [0, 0.1) is 0 Å². The average Bonchev–Trinajstić information content (AvgIpc) is 2.74. The molecule has 0 saturated heterocycles. The Morgan fingerprint density at radius 1 is 1.39 bits per heavy atom. The van der Waals surface area contributed by atoms with E-state index in [0.717, 1.165) is 17.3 Å². The van der Waals surface area contributed by atoms with E-state index in [1.165, 1.54) is 11.1 Å². The predicted octanol–water partition coefficient (Wildman–Crippen LogP) is 1.80. The van der Waals surface area contributed by atoms with Crippen molar-refractivity contribution in [3.63, 3.8) is 0 Å². The van der Waals surface area contributed by atoms with Gasteiger partial charge in [-0.2, -0.15) is 5.10 Å². The normalized spacial score (nSPS) is 12.6. The summed E-state index contributed by atoms with van der Waals surface area (Å²) in [4.78, 5) is 0. The minimum Gasteiger partial charge on any atom is -0.276 e. The first-order chi connectivity index (χ1) is 8.67. The molecular weight excluding hydrogens is 292 g/mol. The Morgan fingerprint density at radius 2 is 2.17 bits per heavy atom. The summed E-state index contributed by atoms with van der Waals surface area (Å²) < 4.78 is 2.90. The van der Waals surface area contributed by atoms with Crippen molar-refractivity contribution in [2.24, 2.45) is 12.9 Å². The van der Waals surface area contributed by atoms with Crippen LogP contribution in [0.5, 0.6) is 0 Å². The zero-order valence-corrected chi connectivity index (χ0v) is 11.9. The van der Waals surface area contributed by atoms with Crippen LogP contribution in [0.15, 0.2) is 41.1 Å². The van der Waals surface area contributed by atoms with E-state index in [9.17, 15) is 0 Å². The fourth-order valence-corrected chi connectivity index (χ4v) is 2.45. The summed E-state index contributed by atoms with van der Waals surface area (Å²) in [7, 11) is 1.92. The summed E-state index contributed by atoms with van der Waals surface area (Å²) in [6.45, 7) is 0. The number of nitrogens with one attached hydrogen (secondary N) is 1. The van der Waals surface area contributed by atoms with Gasteiger partial charge in [-0.3, -0.25) is 16.0 Å². The molecule has 0 amide bonds. The fourth-order valence-electron chi connectivity index (χ4n) is 2.00. The molecule has 2 aromatic rings. The topological polar surface area (TPSA) is 55.9 Å². The number of hydrogen-bond donors (Lipinski definition) is 2. The molecule has 2 rings (SSSR count). The summed E-state index contributed by atoms with van der Waals surface area (Å²) in [6.07, 6.45) is 5.66. The minimum absolute atomic E-state index is 0.212. The van der Waals surface area contributed by atoms with Crippen LogP contribution in [-0.4, -0.2) is 15.8 Å². The Kier molecular flexibility index (Phi) is 4.52. The number of benzene rings is 1. The van der Waals surface area contributed by atoms with E-state index < -0.39 is 0 Å². The van der Waals surface area contributed by atoms with Crippen molar-refractivity contribution >= 4 is 15.9 Å². The maximum Gasteiger partial charge on any atom is 0.0522 e. The van der Waals surface area contributed by atoms with Gasteiger partial charge in [0.15, 0.2) is 0 Å². The molecule has 0 spiro atoms. The smallest absolute Gasteiger partial charge is 0.0522 e. The van der Waals surface area contributed by atoms with Gasteiger partial charge in [0.25, 0.3) is 0 Å². The number of nitrogens with two attached hydrogens (primary N) is 1. The van der Waals surface area contributed by atoms with Crippen LogP contribution < -0.4 is 11.3 Å². The molecule has 1 heterocycles. The Bertz CT molecular complexity index is 509. The molecule has 18 heavy (non-hydrogen) atoms. The van der Waals surface area contributed by atoms with Gasteiger partial charge in [-0.15, -0.1) is 0 Å². The first-order valence-corrected chi connectivity index (χ1v) is 6.65. The largest absolute Gasteiger partial charge is 0.276 e. The summed E-state index contributed by atoms with van der Waals surface area (Å²) in [5.41, 5.74) is 5.33. The minimum atomic E-state index is 0.212. The first kappa shape index (κ1) is 13.3. The lowest BCUT2D eigenvalue weighted by molar-refractivity contribution is 0.522. The number of halogens is 1. The van der Waals surface area contributed by atoms with Gasteiger partial charge in [-0.1, -0.05) is 28.1 Å². The van der Waals surface area contributed by atoms with Gasteiger partial charge >= 0.3 is 0 Å². The van der Waals surface area contributed by atoms with Gasteiger partial charge in [-0.05, 0) is 36.1 Å². The SMILES string of the molecule is Cn1cc(CC(Cc2cccc(Br)c2)NN)cn1. The van der Waals surface area contributed by atoms with Crippen LogP contribution in [0.2, 0.25) is 0 Å². The van der Waals surface area contributed by atoms with Crippen molar-refractivity contribution < 1.29 is 0 Å². The first-order valence-electron chi connectivity index (χ1n) is 5.85. The quantitative estimate of drug-likeness (QED) is 0.654. The highest BCUT2D eigenvalue weighted by Gasteiger charge is 2.10. The van der Waals surface area contributed by atoms with Crippen molar-refractivity contribution in [3.8, 4) is 0 Å². The zero-order chi connectivity index (χ0) is 13.0. The van der Waals surface area contributed by atoms with Crippen LogP contribution in [0.1, 0.15) is 11.1 Å². The third-order valence-electron chi connectivity index (χ3n) is 2.85. The third kappa shape index (κ3) is 3.66. The number of hydrogen-bond acceptors (Lipinski definition) is 3. The number of aryl methyl sites for hydroxylation is 1. The summed E-state index contributed by atoms with van der Waals surface area (Å²) in [5, 5.41) is 4.17. The second-order valence-corrected chi connectivity index (χ2v) is 5.34. The lowest BCUT2D eigenvalue weighted by Gasteiger charge is -2.15. The molecule has 4 nitrogen and oxygen atoms in total. The zero-order valence-electron chi connectivity index (χ0n) is 10.3. The van der Waals surface area contributed by atoms with Crippen LogP contribution in [-0.2, 0) is 19.9 Å². The van der Waals surface area contributed by atoms with E-state index in [4.69, 9.17) is 5.84 Å². The monoisotopic (exact) mass is 308 g/mol. The molecule has 5 heteroatoms. The molecule has 96 valence electrons. The van der Waals surface area contributed by atoms with Crippen molar-refractivity contribution in [1.82, 2.24) is 15.2 Å². The molecular formula is C13H17BrN4. The molecule has 0 bridgehead atoms. The van der Waals surface area contributed by atoms with Gasteiger partial charge in [0, 0.05) is 23.8 Å². The standard InChI is InChI=1S/C13H17BrN4/c1-18-9-11(8-16-18)7-13(17-15)6-10-3-2-4-12(14)5-10/h2-5,8-9,13,17H,6-7,15H2,1H3. The summed E-state index contributed by atoms with van der Waals surface area (Å²) >= 11 is 3.48. The van der Waals surface area contributed by atoms with Gasteiger partial charge < -0.3 is 0 Å². The average molecular weight is 309 g/mol. The van der Waals surface area contributed by atoms with Crippen molar-refractivity contribution in [2.75, 3.05) is 0 Å². The fraction of sp³-hybridized carbons (Fsp3) is 0.308. The van der Waals surface area contributed by atoms with Crippen LogP contribution in [0.4, 0.5) is 0 Å². The van der Waals surface area contributed by atoms with Crippen LogP contribution >= 0.6 is 15.9 Å². The Labute approximate surface area is 115 Å². The van der Waals surface area contributed by atoms with E-state index in [1.54, 1.807) is 0 Å². The van der Waals surface area contributed by atoms with Crippen LogP contribution in [0.25, 0.3) is 0 Å². The highest BCUT2D eigenvalue weighted by Crippen LogP contribution is 2.14. The highest BCUT2D eigenvalue weighted by molar-refractivity contribution is 9.10. The van der Waals surface area contributed by atoms with Crippen molar-refractivity contribution in [3.05, 3.63) is 52.3 Å². The van der Waals surface area contributed by atoms with Gasteiger partial charge in [0.2, 0.25) is 0 Å².